The Balaban J connectivity index is 0. The molecule has 106 valence electrons. The van der Waals surface area contributed by atoms with Gasteiger partial charge in [0.25, 0.3) is 0 Å². The van der Waals surface area contributed by atoms with Crippen molar-refractivity contribution in [2.24, 2.45) is 16.9 Å². The fraction of sp³-hybridized carbons (Fsp3) is 0.688. The molecule has 18 heavy (non-hydrogen) atoms. The Labute approximate surface area is 115 Å². The largest absolute Gasteiger partial charge is 0.300 e. The molecule has 2 nitrogen and oxygen atoms in total. The molecule has 2 aliphatic rings. The van der Waals surface area contributed by atoms with Gasteiger partial charge < -0.3 is 0 Å². The lowest BCUT2D eigenvalue weighted by Gasteiger charge is -2.32. The average Bonchev–Trinajstić information content (AvgIpc) is 2.74. The zero-order valence-corrected chi connectivity index (χ0v) is 13.3. The van der Waals surface area contributed by atoms with Crippen molar-refractivity contribution in [3.63, 3.8) is 0 Å². The van der Waals surface area contributed by atoms with Gasteiger partial charge in [0.2, 0.25) is 0 Å². The van der Waals surface area contributed by atoms with Crippen LogP contribution in [0, 0.1) is 11.8 Å². The van der Waals surface area contributed by atoms with Crippen molar-refractivity contribution in [1.82, 2.24) is 5.43 Å². The zero-order chi connectivity index (χ0) is 14.3. The van der Waals surface area contributed by atoms with E-state index in [4.69, 9.17) is 0 Å². The molecule has 2 atom stereocenters. The van der Waals surface area contributed by atoms with Gasteiger partial charge in [0.15, 0.2) is 0 Å². The quantitative estimate of drug-likeness (QED) is 0.713. The van der Waals surface area contributed by atoms with Crippen LogP contribution in [0.2, 0.25) is 0 Å². The highest BCUT2D eigenvalue weighted by molar-refractivity contribution is 5.70. The molecular formula is C16H32N2. The van der Waals surface area contributed by atoms with Crippen LogP contribution in [-0.4, -0.2) is 11.8 Å². The molecule has 1 aliphatic carbocycles. The van der Waals surface area contributed by atoms with E-state index < -0.39 is 0 Å². The number of nitrogens with zero attached hydrogens (tertiary/aromatic N) is 1. The van der Waals surface area contributed by atoms with E-state index in [9.17, 15) is 0 Å². The number of hydrogen-bond donors (Lipinski definition) is 1. The van der Waals surface area contributed by atoms with Gasteiger partial charge in [-0.1, -0.05) is 59.3 Å². The van der Waals surface area contributed by atoms with Gasteiger partial charge >= 0.3 is 0 Å². The van der Waals surface area contributed by atoms with Crippen molar-refractivity contribution in [2.45, 2.75) is 60.9 Å². The summed E-state index contributed by atoms with van der Waals surface area (Å²) in [7, 11) is 0. The Kier molecular flexibility index (Phi) is 6.97. The van der Waals surface area contributed by atoms with E-state index in [0.29, 0.717) is 11.8 Å². The van der Waals surface area contributed by atoms with E-state index in [0.717, 1.165) is 0 Å². The van der Waals surface area contributed by atoms with E-state index in [1.807, 2.05) is 33.9 Å². The highest BCUT2D eigenvalue weighted by Gasteiger charge is 2.36. The molecule has 0 radical (unpaired) electrons. The van der Waals surface area contributed by atoms with E-state index >= 15 is 0 Å². The van der Waals surface area contributed by atoms with Gasteiger partial charge in [-0.05, 0) is 25.3 Å². The SMILES string of the molecule is CC.CC.CC1=CC2C=NNC2(C)C=C1C(C)C.[HH]. The molecule has 0 aromatic heterocycles. The number of allylic oxidation sites excluding steroid dienone is 2. The highest BCUT2D eigenvalue weighted by Crippen LogP contribution is 2.35. The summed E-state index contributed by atoms with van der Waals surface area (Å²) in [6.45, 7) is 16.9. The van der Waals surface area contributed by atoms with Crippen molar-refractivity contribution in [3.8, 4) is 0 Å². The predicted octanol–water partition coefficient (Wildman–Crippen LogP) is 4.79. The number of nitrogens with one attached hydrogen (secondary N) is 1. The molecule has 0 spiro atoms. The van der Waals surface area contributed by atoms with Gasteiger partial charge in [0.1, 0.15) is 0 Å². The Hall–Kier alpha value is -1.05. The molecule has 0 bridgehead atoms. The fourth-order valence-electron chi connectivity index (χ4n) is 2.26. The zero-order valence-electron chi connectivity index (χ0n) is 13.3. The lowest BCUT2D eigenvalue weighted by Crippen LogP contribution is -2.41. The molecule has 1 heterocycles. The molecule has 1 N–H and O–H groups in total. The molecule has 2 unspecified atom stereocenters. The fourth-order valence-corrected chi connectivity index (χ4v) is 2.26. The summed E-state index contributed by atoms with van der Waals surface area (Å²) in [6, 6.07) is 0. The maximum atomic E-state index is 4.16. The van der Waals surface area contributed by atoms with Gasteiger partial charge in [-0.2, -0.15) is 5.10 Å². The minimum absolute atomic E-state index is 0. The minimum atomic E-state index is 0. The second kappa shape index (κ2) is 7.40. The van der Waals surface area contributed by atoms with Crippen molar-refractivity contribution in [2.75, 3.05) is 0 Å². The Morgan fingerprint density at radius 3 is 2.33 bits per heavy atom. The summed E-state index contributed by atoms with van der Waals surface area (Å²) in [4.78, 5) is 0. The summed E-state index contributed by atoms with van der Waals surface area (Å²) in [5.74, 6) is 1.01. The number of rotatable bonds is 1. The second-order valence-electron chi connectivity index (χ2n) is 4.80. The summed E-state index contributed by atoms with van der Waals surface area (Å²) in [5, 5.41) is 4.16. The molecule has 0 aromatic rings. The van der Waals surface area contributed by atoms with Crippen LogP contribution in [0.15, 0.2) is 28.4 Å². The standard InChI is InChI=1S/C12H18N2.2C2H6.H2/c1-8(2)11-6-12(4)10(5-9(11)3)7-13-14-12;2*1-2;/h5-8,10,14H,1-4H3;2*1-2H3;1H. The van der Waals surface area contributed by atoms with Crippen molar-refractivity contribution >= 4 is 6.21 Å². The minimum Gasteiger partial charge on any atom is -0.300 e. The molecule has 0 saturated carbocycles. The Morgan fingerprint density at radius 2 is 1.83 bits per heavy atom. The normalized spacial score (nSPS) is 27.9. The van der Waals surface area contributed by atoms with Gasteiger partial charge in [0.05, 0.1) is 5.54 Å². The van der Waals surface area contributed by atoms with Crippen LogP contribution in [0.5, 0.6) is 0 Å². The lowest BCUT2D eigenvalue weighted by atomic mass is 9.76. The van der Waals surface area contributed by atoms with Gasteiger partial charge in [-0.3, -0.25) is 5.43 Å². The van der Waals surface area contributed by atoms with Crippen molar-refractivity contribution in [1.29, 1.82) is 0 Å². The summed E-state index contributed by atoms with van der Waals surface area (Å²) < 4.78 is 0. The average molecular weight is 252 g/mol. The van der Waals surface area contributed by atoms with Crippen molar-refractivity contribution in [3.05, 3.63) is 23.3 Å². The number of hydrazone groups is 1. The molecule has 0 amide bonds. The van der Waals surface area contributed by atoms with Gasteiger partial charge in [-0.25, -0.2) is 0 Å². The van der Waals surface area contributed by atoms with Crippen LogP contribution in [0.4, 0.5) is 0 Å². The Morgan fingerprint density at radius 1 is 1.28 bits per heavy atom. The smallest absolute Gasteiger partial charge is 0.0818 e. The third kappa shape index (κ3) is 3.47. The van der Waals surface area contributed by atoms with Crippen LogP contribution in [0.1, 0.15) is 56.8 Å². The van der Waals surface area contributed by atoms with E-state index in [2.05, 4.69) is 50.4 Å². The molecule has 1 aliphatic heterocycles. The third-order valence-corrected chi connectivity index (χ3v) is 3.20. The van der Waals surface area contributed by atoms with E-state index in [1.54, 1.807) is 0 Å². The first kappa shape index (κ1) is 16.9. The maximum absolute atomic E-state index is 4.16. The summed E-state index contributed by atoms with van der Waals surface area (Å²) in [6.07, 6.45) is 6.65. The Bertz CT molecular complexity index is 343. The van der Waals surface area contributed by atoms with Crippen LogP contribution < -0.4 is 5.43 Å². The maximum Gasteiger partial charge on any atom is 0.0818 e. The molecule has 0 saturated heterocycles. The van der Waals surface area contributed by atoms with Crippen LogP contribution in [0.25, 0.3) is 0 Å². The van der Waals surface area contributed by atoms with E-state index in [1.165, 1.54) is 11.1 Å². The molecule has 0 aromatic carbocycles. The first-order valence-corrected chi connectivity index (χ1v) is 7.25. The number of fused-ring (bicyclic) bond motifs is 1. The molecule has 2 heteroatoms. The van der Waals surface area contributed by atoms with Gasteiger partial charge in [-0.15, -0.1) is 0 Å². The lowest BCUT2D eigenvalue weighted by molar-refractivity contribution is 0.432. The molecule has 2 rings (SSSR count). The van der Waals surface area contributed by atoms with Gasteiger partial charge in [0, 0.05) is 13.6 Å². The second-order valence-corrected chi connectivity index (χ2v) is 4.80. The molecular weight excluding hydrogens is 220 g/mol. The monoisotopic (exact) mass is 252 g/mol. The topological polar surface area (TPSA) is 24.4 Å². The van der Waals surface area contributed by atoms with Crippen LogP contribution in [-0.2, 0) is 0 Å². The summed E-state index contributed by atoms with van der Waals surface area (Å²) >= 11 is 0. The predicted molar refractivity (Wildman–Crippen MR) is 85.0 cm³/mol. The first-order chi connectivity index (χ1) is 8.53. The van der Waals surface area contributed by atoms with Crippen LogP contribution in [0.3, 0.4) is 0 Å². The number of hydrogen-bond acceptors (Lipinski definition) is 2. The van der Waals surface area contributed by atoms with Crippen molar-refractivity contribution < 1.29 is 1.43 Å². The summed E-state index contributed by atoms with van der Waals surface area (Å²) in [5.41, 5.74) is 6.05. The van der Waals surface area contributed by atoms with Crippen LogP contribution >= 0.6 is 0 Å². The highest BCUT2D eigenvalue weighted by atomic mass is 15.3. The van der Waals surface area contributed by atoms with E-state index in [-0.39, 0.29) is 6.97 Å². The first-order valence-electron chi connectivity index (χ1n) is 7.25. The molecule has 0 fully saturated rings. The third-order valence-electron chi connectivity index (χ3n) is 3.20.